The van der Waals surface area contributed by atoms with Crippen molar-refractivity contribution >= 4 is 34.4 Å². The van der Waals surface area contributed by atoms with Crippen LogP contribution in [-0.2, 0) is 4.79 Å². The first-order chi connectivity index (χ1) is 19.7. The molecule has 2 fully saturated rings. The first kappa shape index (κ1) is 26.9. The number of rotatable bonds is 7. The lowest BCUT2D eigenvalue weighted by molar-refractivity contribution is -0.155. The largest absolute Gasteiger partial charge is 0.497 e. The van der Waals surface area contributed by atoms with Crippen molar-refractivity contribution in [2.45, 2.75) is 44.7 Å². The number of carboxylic acids is 1. The smallest absolute Gasteiger partial charge is 0.306 e. The lowest BCUT2D eigenvalue weighted by atomic mass is 9.50. The zero-order valence-corrected chi connectivity index (χ0v) is 23.5. The summed E-state index contributed by atoms with van der Waals surface area (Å²) < 4.78 is 7.18. The van der Waals surface area contributed by atoms with E-state index in [4.69, 9.17) is 16.3 Å². The molecule has 1 heterocycles. The molecule has 2 aliphatic carbocycles. The topological polar surface area (TPSA) is 117 Å². The van der Waals surface area contributed by atoms with Gasteiger partial charge in [-0.15, -0.1) is 0 Å². The Labute approximate surface area is 242 Å². The quantitative estimate of drug-likeness (QED) is 0.273. The Morgan fingerprint density at radius 3 is 2.51 bits per heavy atom. The van der Waals surface area contributed by atoms with Gasteiger partial charge in [0.1, 0.15) is 5.75 Å². The van der Waals surface area contributed by atoms with Crippen molar-refractivity contribution in [1.29, 1.82) is 5.26 Å². The number of nitrogens with zero attached hydrogens (tertiary/aromatic N) is 3. The second kappa shape index (κ2) is 10.2. The molecule has 1 spiro atoms. The number of methoxy groups -OCH3 is 1. The molecule has 0 unspecified atom stereocenters. The van der Waals surface area contributed by atoms with Crippen LogP contribution in [0.2, 0.25) is 5.02 Å². The monoisotopic (exact) mass is 568 g/mol. The van der Waals surface area contributed by atoms with Crippen molar-refractivity contribution in [2.24, 2.45) is 11.3 Å². The molecule has 8 nitrogen and oxygen atoms in total. The summed E-state index contributed by atoms with van der Waals surface area (Å²) in [6.45, 7) is 2.02. The summed E-state index contributed by atoms with van der Waals surface area (Å²) in [5.41, 5.74) is 4.59. The fraction of sp³-hybridized carbons (Fsp3) is 0.312. The summed E-state index contributed by atoms with van der Waals surface area (Å²) in [6, 6.07) is 18.9. The van der Waals surface area contributed by atoms with E-state index in [0.717, 1.165) is 29.5 Å². The van der Waals surface area contributed by atoms with Crippen molar-refractivity contribution in [3.63, 3.8) is 0 Å². The number of benzene rings is 3. The SMILES string of the molecule is COc1cc(C#N)cc(-c2ccc([C@H](C)n3ncc4c(Cl)ccc(C(=O)NC5CC6(C5)CC(C(=O)O)C6)c43)cc2)c1. The van der Waals surface area contributed by atoms with Crippen LogP contribution >= 0.6 is 11.6 Å². The number of fused-ring (bicyclic) bond motifs is 1. The van der Waals surface area contributed by atoms with Crippen LogP contribution < -0.4 is 10.1 Å². The number of nitriles is 1. The summed E-state index contributed by atoms with van der Waals surface area (Å²) >= 11 is 6.52. The van der Waals surface area contributed by atoms with Gasteiger partial charge >= 0.3 is 5.97 Å². The Morgan fingerprint density at radius 1 is 1.12 bits per heavy atom. The van der Waals surface area contributed by atoms with Crippen LogP contribution in [0.5, 0.6) is 5.75 Å². The maximum Gasteiger partial charge on any atom is 0.306 e. The predicted octanol–water partition coefficient (Wildman–Crippen LogP) is 6.22. The first-order valence-electron chi connectivity index (χ1n) is 13.6. The van der Waals surface area contributed by atoms with Gasteiger partial charge in [0.2, 0.25) is 0 Å². The first-order valence-corrected chi connectivity index (χ1v) is 14.0. The van der Waals surface area contributed by atoms with Gasteiger partial charge in [-0.1, -0.05) is 35.9 Å². The second-order valence-corrected chi connectivity index (χ2v) is 11.7. The van der Waals surface area contributed by atoms with Gasteiger partial charge in [0.25, 0.3) is 5.91 Å². The van der Waals surface area contributed by atoms with Crippen molar-refractivity contribution in [3.05, 3.63) is 82.5 Å². The standard InChI is InChI=1S/C32H29ClN4O4/c1-18(20-3-5-21(6-4-20)22-9-19(16-34)10-25(11-22)41-2)37-29-26(7-8-28(33)27(29)17-35-37)30(38)36-24-14-32(15-24)12-23(13-32)31(39)40/h3-11,17-18,23-24H,12-15H2,1-2H3,(H,36,38)(H,39,40)/t18-,23?,24?,32?/m0/s1. The normalized spacial score (nSPS) is 21.9. The summed E-state index contributed by atoms with van der Waals surface area (Å²) in [6.07, 6.45) is 4.70. The molecule has 0 aliphatic heterocycles. The van der Waals surface area contributed by atoms with Gasteiger partial charge in [-0.25, -0.2) is 0 Å². The highest BCUT2D eigenvalue weighted by molar-refractivity contribution is 6.36. The summed E-state index contributed by atoms with van der Waals surface area (Å²) in [5.74, 6) is -0.539. The second-order valence-electron chi connectivity index (χ2n) is 11.3. The minimum Gasteiger partial charge on any atom is -0.497 e. The molecule has 9 heteroatoms. The highest BCUT2D eigenvalue weighted by Crippen LogP contribution is 2.58. The molecule has 208 valence electrons. The van der Waals surface area contributed by atoms with E-state index in [0.29, 0.717) is 45.6 Å². The van der Waals surface area contributed by atoms with E-state index < -0.39 is 5.97 Å². The van der Waals surface area contributed by atoms with Gasteiger partial charge in [-0.3, -0.25) is 14.3 Å². The Morgan fingerprint density at radius 2 is 1.85 bits per heavy atom. The summed E-state index contributed by atoms with van der Waals surface area (Å²) in [4.78, 5) is 24.7. The van der Waals surface area contributed by atoms with Gasteiger partial charge < -0.3 is 15.2 Å². The number of hydrogen-bond donors (Lipinski definition) is 2. The zero-order valence-electron chi connectivity index (χ0n) is 22.7. The third kappa shape index (κ3) is 4.81. The number of nitrogens with one attached hydrogen (secondary N) is 1. The van der Waals surface area contributed by atoms with Crippen molar-refractivity contribution in [1.82, 2.24) is 15.1 Å². The van der Waals surface area contributed by atoms with Crippen LogP contribution in [-0.4, -0.2) is 39.9 Å². The van der Waals surface area contributed by atoms with Crippen LogP contribution in [0.4, 0.5) is 0 Å². The zero-order chi connectivity index (χ0) is 28.9. The van der Waals surface area contributed by atoms with Crippen molar-refractivity contribution in [3.8, 4) is 22.9 Å². The molecule has 0 radical (unpaired) electrons. The van der Waals surface area contributed by atoms with E-state index in [1.807, 2.05) is 48.0 Å². The number of ether oxygens (including phenoxy) is 1. The number of aromatic nitrogens is 2. The number of amides is 1. The number of carbonyl (C=O) groups is 2. The average molecular weight is 569 g/mol. The molecule has 1 atom stereocenters. The fourth-order valence-corrected chi connectivity index (χ4v) is 6.70. The summed E-state index contributed by atoms with van der Waals surface area (Å²) in [5, 5.41) is 27.6. The molecule has 6 rings (SSSR count). The number of aliphatic carboxylic acids is 1. The Balaban J connectivity index is 1.23. The Bertz CT molecular complexity index is 1710. The predicted molar refractivity (Wildman–Crippen MR) is 155 cm³/mol. The lowest BCUT2D eigenvalue weighted by Crippen LogP contribution is -2.57. The molecular weight excluding hydrogens is 540 g/mol. The van der Waals surface area contributed by atoms with Gasteiger partial charge in [0.05, 0.1) is 53.0 Å². The van der Waals surface area contributed by atoms with Crippen LogP contribution in [0.1, 0.15) is 60.1 Å². The number of hydrogen-bond acceptors (Lipinski definition) is 5. The Hall–Kier alpha value is -4.35. The molecule has 0 bridgehead atoms. The van der Waals surface area contributed by atoms with Crippen LogP contribution in [0.15, 0.2) is 60.8 Å². The lowest BCUT2D eigenvalue weighted by Gasteiger charge is -2.56. The minimum atomic E-state index is -0.725. The molecule has 2 N–H and O–H groups in total. The molecule has 2 aliphatic rings. The van der Waals surface area contributed by atoms with Crippen molar-refractivity contribution < 1.29 is 19.4 Å². The molecule has 0 saturated heterocycles. The van der Waals surface area contributed by atoms with E-state index >= 15 is 0 Å². The minimum absolute atomic E-state index is 0.0301. The fourth-order valence-electron chi connectivity index (χ4n) is 6.50. The van der Waals surface area contributed by atoms with Gasteiger partial charge in [-0.05, 0) is 85.0 Å². The van der Waals surface area contributed by atoms with E-state index in [1.165, 1.54) is 0 Å². The number of halogens is 1. The van der Waals surface area contributed by atoms with E-state index in [1.54, 1.807) is 31.5 Å². The highest BCUT2D eigenvalue weighted by Gasteiger charge is 2.55. The maximum atomic E-state index is 13.5. The maximum absolute atomic E-state index is 13.5. The van der Waals surface area contributed by atoms with Gasteiger partial charge in [0, 0.05) is 11.4 Å². The third-order valence-corrected chi connectivity index (χ3v) is 9.05. The average Bonchev–Trinajstić information content (AvgIpc) is 3.39. The molecule has 2 saturated carbocycles. The molecule has 41 heavy (non-hydrogen) atoms. The van der Waals surface area contributed by atoms with Crippen molar-refractivity contribution in [2.75, 3.05) is 7.11 Å². The molecule has 1 amide bonds. The van der Waals surface area contributed by atoms with Crippen LogP contribution in [0, 0.1) is 22.7 Å². The number of carbonyl (C=O) groups excluding carboxylic acids is 1. The molecule has 1 aromatic heterocycles. The molecule has 3 aromatic carbocycles. The van der Waals surface area contributed by atoms with Crippen LogP contribution in [0.3, 0.4) is 0 Å². The number of carboxylic acid groups (broad SMARTS) is 1. The van der Waals surface area contributed by atoms with Gasteiger partial charge in [-0.2, -0.15) is 10.4 Å². The van der Waals surface area contributed by atoms with E-state index in [2.05, 4.69) is 16.5 Å². The van der Waals surface area contributed by atoms with E-state index in [-0.39, 0.29) is 29.3 Å². The summed E-state index contributed by atoms with van der Waals surface area (Å²) in [7, 11) is 1.58. The molecule has 4 aromatic rings. The van der Waals surface area contributed by atoms with Gasteiger partial charge in [0.15, 0.2) is 0 Å². The van der Waals surface area contributed by atoms with Crippen LogP contribution in [0.25, 0.3) is 22.0 Å². The molecular formula is C32H29ClN4O4. The third-order valence-electron chi connectivity index (χ3n) is 8.72. The van der Waals surface area contributed by atoms with E-state index in [9.17, 15) is 20.0 Å². The highest BCUT2D eigenvalue weighted by atomic mass is 35.5. The Kier molecular flexibility index (Phi) is 6.71.